The first-order chi connectivity index (χ1) is 9.77. The lowest BCUT2D eigenvalue weighted by atomic mass is 9.80. The number of rotatable bonds is 4. The van der Waals surface area contributed by atoms with Crippen LogP contribution >= 0.6 is 0 Å². The van der Waals surface area contributed by atoms with Gasteiger partial charge in [-0.2, -0.15) is 4.98 Å². The lowest BCUT2D eigenvalue weighted by molar-refractivity contribution is 0.247. The average Bonchev–Trinajstić information content (AvgIpc) is 3.17. The SMILES string of the molecule is CCC1CCCC(c2noc(C3(CC)CCCN3)n2)C1. The van der Waals surface area contributed by atoms with Gasteiger partial charge in [-0.3, -0.25) is 0 Å². The molecule has 0 aromatic carbocycles. The molecule has 1 N–H and O–H groups in total. The van der Waals surface area contributed by atoms with Crippen molar-refractivity contribution in [2.75, 3.05) is 6.54 Å². The minimum atomic E-state index is -0.0515. The number of hydrogen-bond acceptors (Lipinski definition) is 4. The third-order valence-corrected chi connectivity index (χ3v) is 5.42. The summed E-state index contributed by atoms with van der Waals surface area (Å²) in [5.41, 5.74) is -0.0515. The van der Waals surface area contributed by atoms with E-state index in [1.807, 2.05) is 0 Å². The smallest absolute Gasteiger partial charge is 0.246 e. The fourth-order valence-corrected chi connectivity index (χ4v) is 3.93. The maximum absolute atomic E-state index is 5.64. The van der Waals surface area contributed by atoms with Crippen LogP contribution < -0.4 is 5.32 Å². The fourth-order valence-electron chi connectivity index (χ4n) is 3.93. The minimum absolute atomic E-state index is 0.0515. The van der Waals surface area contributed by atoms with Crippen LogP contribution in [0.2, 0.25) is 0 Å². The molecule has 2 heterocycles. The molecule has 2 aliphatic rings. The number of nitrogens with one attached hydrogen (secondary N) is 1. The van der Waals surface area contributed by atoms with Crippen molar-refractivity contribution in [3.63, 3.8) is 0 Å². The maximum atomic E-state index is 5.64. The van der Waals surface area contributed by atoms with Crippen molar-refractivity contribution in [3.8, 4) is 0 Å². The molecule has 3 unspecified atom stereocenters. The van der Waals surface area contributed by atoms with Gasteiger partial charge < -0.3 is 9.84 Å². The van der Waals surface area contributed by atoms with Crippen LogP contribution in [0.25, 0.3) is 0 Å². The third kappa shape index (κ3) is 2.50. The molecule has 4 nitrogen and oxygen atoms in total. The van der Waals surface area contributed by atoms with Crippen molar-refractivity contribution >= 4 is 0 Å². The molecule has 1 aromatic heterocycles. The summed E-state index contributed by atoms with van der Waals surface area (Å²) >= 11 is 0. The second-order valence-electron chi connectivity index (χ2n) is 6.56. The molecule has 1 saturated carbocycles. The van der Waals surface area contributed by atoms with Crippen LogP contribution in [0.3, 0.4) is 0 Å². The maximum Gasteiger partial charge on any atom is 0.246 e. The van der Waals surface area contributed by atoms with Crippen LogP contribution in [-0.4, -0.2) is 16.7 Å². The topological polar surface area (TPSA) is 51.0 Å². The van der Waals surface area contributed by atoms with E-state index in [0.717, 1.165) is 37.0 Å². The van der Waals surface area contributed by atoms with E-state index in [0.29, 0.717) is 5.92 Å². The second kappa shape index (κ2) is 5.84. The summed E-state index contributed by atoms with van der Waals surface area (Å²) in [6, 6.07) is 0. The Morgan fingerprint density at radius 1 is 1.30 bits per heavy atom. The summed E-state index contributed by atoms with van der Waals surface area (Å²) in [5.74, 6) is 3.15. The summed E-state index contributed by atoms with van der Waals surface area (Å²) < 4.78 is 5.64. The molecule has 0 spiro atoms. The summed E-state index contributed by atoms with van der Waals surface area (Å²) in [7, 11) is 0. The second-order valence-corrected chi connectivity index (χ2v) is 6.56. The summed E-state index contributed by atoms with van der Waals surface area (Å²) in [4.78, 5) is 4.79. The molecule has 1 aromatic rings. The quantitative estimate of drug-likeness (QED) is 0.910. The highest BCUT2D eigenvalue weighted by atomic mass is 16.5. The first-order valence-corrected chi connectivity index (χ1v) is 8.36. The van der Waals surface area contributed by atoms with Crippen molar-refractivity contribution in [1.29, 1.82) is 0 Å². The fraction of sp³-hybridized carbons (Fsp3) is 0.875. The van der Waals surface area contributed by atoms with Gasteiger partial charge in [0, 0.05) is 5.92 Å². The Bertz CT molecular complexity index is 437. The van der Waals surface area contributed by atoms with Gasteiger partial charge in [-0.1, -0.05) is 38.3 Å². The van der Waals surface area contributed by atoms with Crippen LogP contribution in [0.4, 0.5) is 0 Å². The summed E-state index contributed by atoms with van der Waals surface area (Å²) in [5, 5.41) is 7.90. The Morgan fingerprint density at radius 2 is 2.20 bits per heavy atom. The molecule has 4 heteroatoms. The monoisotopic (exact) mass is 277 g/mol. The standard InChI is InChI=1S/C16H27N3O/c1-3-12-7-5-8-13(11-12)14-18-15(20-19-14)16(4-2)9-6-10-17-16/h12-13,17H,3-11H2,1-2H3. The van der Waals surface area contributed by atoms with Gasteiger partial charge in [0.2, 0.25) is 5.89 Å². The zero-order valence-electron chi connectivity index (χ0n) is 12.8. The largest absolute Gasteiger partial charge is 0.337 e. The lowest BCUT2D eigenvalue weighted by Crippen LogP contribution is -2.36. The van der Waals surface area contributed by atoms with Crippen molar-refractivity contribution in [2.45, 2.75) is 76.7 Å². The van der Waals surface area contributed by atoms with Gasteiger partial charge in [-0.25, -0.2) is 0 Å². The Hall–Kier alpha value is -0.900. The Morgan fingerprint density at radius 3 is 2.90 bits per heavy atom. The molecule has 0 amide bonds. The minimum Gasteiger partial charge on any atom is -0.337 e. The first kappa shape index (κ1) is 14.1. The Kier molecular flexibility index (Phi) is 4.11. The van der Waals surface area contributed by atoms with E-state index in [-0.39, 0.29) is 5.54 Å². The zero-order chi connectivity index (χ0) is 14.0. The predicted molar refractivity (Wildman–Crippen MR) is 78.5 cm³/mol. The van der Waals surface area contributed by atoms with Gasteiger partial charge in [0.15, 0.2) is 5.82 Å². The molecule has 1 saturated heterocycles. The van der Waals surface area contributed by atoms with Gasteiger partial charge in [-0.05, 0) is 44.6 Å². The molecule has 20 heavy (non-hydrogen) atoms. The molecule has 2 fully saturated rings. The molecular formula is C16H27N3O. The lowest BCUT2D eigenvalue weighted by Gasteiger charge is -2.26. The number of nitrogens with zero attached hydrogens (tertiary/aromatic N) is 2. The zero-order valence-corrected chi connectivity index (χ0v) is 12.8. The Balaban J connectivity index is 1.76. The number of aromatic nitrogens is 2. The molecule has 3 atom stereocenters. The number of hydrogen-bond donors (Lipinski definition) is 1. The molecule has 112 valence electrons. The van der Waals surface area contributed by atoms with Gasteiger partial charge >= 0.3 is 0 Å². The highest BCUT2D eigenvalue weighted by molar-refractivity contribution is 5.08. The van der Waals surface area contributed by atoms with E-state index >= 15 is 0 Å². The van der Waals surface area contributed by atoms with E-state index in [9.17, 15) is 0 Å². The van der Waals surface area contributed by atoms with E-state index in [2.05, 4.69) is 24.3 Å². The van der Waals surface area contributed by atoms with Crippen molar-refractivity contribution in [2.24, 2.45) is 5.92 Å². The van der Waals surface area contributed by atoms with Gasteiger partial charge in [0.1, 0.15) is 0 Å². The van der Waals surface area contributed by atoms with Gasteiger partial charge in [0.25, 0.3) is 0 Å². The molecule has 3 rings (SSSR count). The van der Waals surface area contributed by atoms with E-state index in [1.165, 1.54) is 38.5 Å². The predicted octanol–water partition coefficient (Wildman–Crippen LogP) is 3.74. The molecule has 0 bridgehead atoms. The molecule has 1 aliphatic carbocycles. The molecular weight excluding hydrogens is 250 g/mol. The van der Waals surface area contributed by atoms with E-state index in [1.54, 1.807) is 0 Å². The van der Waals surface area contributed by atoms with Crippen LogP contribution in [0.1, 0.15) is 82.8 Å². The highest BCUT2D eigenvalue weighted by Crippen LogP contribution is 2.38. The van der Waals surface area contributed by atoms with Crippen LogP contribution in [0.5, 0.6) is 0 Å². The van der Waals surface area contributed by atoms with E-state index < -0.39 is 0 Å². The van der Waals surface area contributed by atoms with Crippen molar-refractivity contribution in [1.82, 2.24) is 15.5 Å². The summed E-state index contributed by atoms with van der Waals surface area (Å²) in [6.07, 6.45) is 9.77. The highest BCUT2D eigenvalue weighted by Gasteiger charge is 2.39. The first-order valence-electron chi connectivity index (χ1n) is 8.36. The summed E-state index contributed by atoms with van der Waals surface area (Å²) in [6.45, 7) is 5.56. The van der Waals surface area contributed by atoms with Crippen LogP contribution in [-0.2, 0) is 5.54 Å². The van der Waals surface area contributed by atoms with Gasteiger partial charge in [-0.15, -0.1) is 0 Å². The normalized spacial score (nSPS) is 34.5. The van der Waals surface area contributed by atoms with E-state index in [4.69, 9.17) is 9.51 Å². The third-order valence-electron chi connectivity index (χ3n) is 5.42. The van der Waals surface area contributed by atoms with Crippen LogP contribution in [0.15, 0.2) is 4.52 Å². The van der Waals surface area contributed by atoms with Crippen molar-refractivity contribution < 1.29 is 4.52 Å². The van der Waals surface area contributed by atoms with Crippen LogP contribution in [0, 0.1) is 5.92 Å². The molecule has 1 aliphatic heterocycles. The molecule has 0 radical (unpaired) electrons. The van der Waals surface area contributed by atoms with Crippen molar-refractivity contribution in [3.05, 3.63) is 11.7 Å². The van der Waals surface area contributed by atoms with Gasteiger partial charge in [0.05, 0.1) is 5.54 Å². The Labute approximate surface area is 121 Å². The average molecular weight is 277 g/mol.